The highest BCUT2D eigenvalue weighted by Crippen LogP contribution is 2.27. The molecule has 0 unspecified atom stereocenters. The number of aromatic nitrogens is 3. The van der Waals surface area contributed by atoms with E-state index in [1.54, 1.807) is 29.0 Å². The molecular formula is C30H22N4O4. The van der Waals surface area contributed by atoms with Crippen molar-refractivity contribution in [2.45, 2.75) is 13.0 Å². The lowest BCUT2D eigenvalue weighted by Crippen LogP contribution is -2.23. The maximum atomic E-state index is 13.5. The molecule has 3 aromatic heterocycles. The Morgan fingerprint density at radius 2 is 1.68 bits per heavy atom. The van der Waals surface area contributed by atoms with Gasteiger partial charge in [-0.3, -0.25) is 4.79 Å². The van der Waals surface area contributed by atoms with Gasteiger partial charge in [-0.05, 0) is 40.1 Å². The highest BCUT2D eigenvalue weighted by Gasteiger charge is 2.18. The van der Waals surface area contributed by atoms with Gasteiger partial charge in [-0.2, -0.15) is 5.10 Å². The van der Waals surface area contributed by atoms with Gasteiger partial charge in [0, 0.05) is 35.9 Å². The number of benzene rings is 3. The molecule has 186 valence electrons. The Morgan fingerprint density at radius 1 is 0.895 bits per heavy atom. The van der Waals surface area contributed by atoms with Crippen molar-refractivity contribution in [2.75, 3.05) is 0 Å². The van der Waals surface area contributed by atoms with E-state index < -0.39 is 5.97 Å². The molecule has 0 saturated heterocycles. The lowest BCUT2D eigenvalue weighted by molar-refractivity contribution is 0.0696. The standard InChI is InChI=1S/C30H22N4O4/c35-29(31-14-19-5-9-22(10-6-19)30(36)37)27-13-25(26-16-33-38-18-26)17-34-28(27)24(15-32-34)12-20-7-8-21-3-1-2-4-23(21)11-20/h1-11,13,15-18H,12,14H2,(H,31,35)(H,36,37). The first kappa shape index (κ1) is 23.2. The van der Waals surface area contributed by atoms with E-state index in [4.69, 9.17) is 9.63 Å². The summed E-state index contributed by atoms with van der Waals surface area (Å²) < 4.78 is 6.73. The molecule has 8 heteroatoms. The van der Waals surface area contributed by atoms with E-state index in [0.29, 0.717) is 12.0 Å². The number of hydrogen-bond donors (Lipinski definition) is 2. The highest BCUT2D eigenvalue weighted by atomic mass is 16.5. The van der Waals surface area contributed by atoms with E-state index >= 15 is 0 Å². The summed E-state index contributed by atoms with van der Waals surface area (Å²) in [7, 11) is 0. The predicted molar refractivity (Wildman–Crippen MR) is 142 cm³/mol. The van der Waals surface area contributed by atoms with E-state index in [1.165, 1.54) is 23.8 Å². The van der Waals surface area contributed by atoms with Crippen LogP contribution in [0.5, 0.6) is 0 Å². The number of fused-ring (bicyclic) bond motifs is 2. The van der Waals surface area contributed by atoms with E-state index in [-0.39, 0.29) is 18.0 Å². The fourth-order valence-corrected chi connectivity index (χ4v) is 4.60. The molecule has 6 rings (SSSR count). The first-order valence-corrected chi connectivity index (χ1v) is 12.0. The molecule has 0 fully saturated rings. The average Bonchev–Trinajstić information content (AvgIpc) is 3.62. The Hall–Kier alpha value is -5.24. The summed E-state index contributed by atoms with van der Waals surface area (Å²) in [5.74, 6) is -1.26. The first-order chi connectivity index (χ1) is 18.5. The van der Waals surface area contributed by atoms with Crippen molar-refractivity contribution in [3.05, 3.63) is 125 Å². The molecular weight excluding hydrogens is 480 g/mol. The molecule has 3 aromatic carbocycles. The summed E-state index contributed by atoms with van der Waals surface area (Å²) in [6.45, 7) is 0.247. The third-order valence-electron chi connectivity index (χ3n) is 6.56. The Balaban J connectivity index is 1.35. The van der Waals surface area contributed by atoms with Gasteiger partial charge < -0.3 is 14.9 Å². The van der Waals surface area contributed by atoms with Crippen LogP contribution in [0.3, 0.4) is 0 Å². The number of carboxylic acids is 1. The SMILES string of the molecule is O=C(O)c1ccc(CNC(=O)c2cc(-c3cnoc3)cn3ncc(Cc4ccc5ccccc5c4)c23)cc1. The van der Waals surface area contributed by atoms with Gasteiger partial charge >= 0.3 is 5.97 Å². The van der Waals surface area contributed by atoms with Gasteiger partial charge in [0.1, 0.15) is 6.26 Å². The van der Waals surface area contributed by atoms with Crippen LogP contribution in [0.25, 0.3) is 27.4 Å². The normalized spacial score (nSPS) is 11.2. The molecule has 0 spiro atoms. The summed E-state index contributed by atoms with van der Waals surface area (Å²) in [6.07, 6.45) is 7.37. The Kier molecular flexibility index (Phi) is 5.89. The maximum Gasteiger partial charge on any atom is 0.335 e. The molecule has 1 amide bonds. The number of amides is 1. The predicted octanol–water partition coefficient (Wildman–Crippen LogP) is 5.36. The number of aromatic carboxylic acids is 1. The number of nitrogens with one attached hydrogen (secondary N) is 1. The largest absolute Gasteiger partial charge is 0.478 e. The molecule has 0 aliphatic heterocycles. The number of nitrogens with zero attached hydrogens (tertiary/aromatic N) is 3. The molecule has 0 aliphatic rings. The quantitative estimate of drug-likeness (QED) is 0.304. The van der Waals surface area contributed by atoms with Gasteiger partial charge in [-0.25, -0.2) is 9.31 Å². The zero-order valence-corrected chi connectivity index (χ0v) is 20.2. The van der Waals surface area contributed by atoms with Crippen molar-refractivity contribution in [3.8, 4) is 11.1 Å². The smallest absolute Gasteiger partial charge is 0.335 e. The van der Waals surface area contributed by atoms with Crippen molar-refractivity contribution < 1.29 is 19.2 Å². The van der Waals surface area contributed by atoms with Crippen molar-refractivity contribution >= 4 is 28.2 Å². The van der Waals surface area contributed by atoms with E-state index in [1.807, 2.05) is 24.4 Å². The van der Waals surface area contributed by atoms with Crippen LogP contribution in [0.2, 0.25) is 0 Å². The molecule has 38 heavy (non-hydrogen) atoms. The van der Waals surface area contributed by atoms with Crippen molar-refractivity contribution in [2.24, 2.45) is 0 Å². The third kappa shape index (κ3) is 4.51. The molecule has 2 N–H and O–H groups in total. The summed E-state index contributed by atoms with van der Waals surface area (Å²) in [4.78, 5) is 24.7. The Morgan fingerprint density at radius 3 is 2.45 bits per heavy atom. The molecule has 0 saturated carbocycles. The van der Waals surface area contributed by atoms with Crippen LogP contribution >= 0.6 is 0 Å². The van der Waals surface area contributed by atoms with Gasteiger partial charge in [-0.15, -0.1) is 0 Å². The maximum absolute atomic E-state index is 13.5. The molecule has 0 bridgehead atoms. The Bertz CT molecular complexity index is 1790. The zero-order chi connectivity index (χ0) is 26.1. The minimum atomic E-state index is -0.992. The number of carboxylic acid groups (broad SMARTS) is 1. The van der Waals surface area contributed by atoms with Crippen molar-refractivity contribution in [3.63, 3.8) is 0 Å². The highest BCUT2D eigenvalue weighted by molar-refractivity contribution is 6.02. The van der Waals surface area contributed by atoms with E-state index in [2.05, 4.69) is 45.9 Å². The van der Waals surface area contributed by atoms with Crippen LogP contribution in [0.15, 0.2) is 102 Å². The van der Waals surface area contributed by atoms with Gasteiger partial charge in [0.15, 0.2) is 0 Å². The second kappa shape index (κ2) is 9.67. The Labute approximate surface area is 217 Å². The van der Waals surface area contributed by atoms with E-state index in [9.17, 15) is 9.59 Å². The summed E-state index contributed by atoms with van der Waals surface area (Å²) in [5.41, 5.74) is 5.70. The zero-order valence-electron chi connectivity index (χ0n) is 20.2. The summed E-state index contributed by atoms with van der Waals surface area (Å²) in [6, 6.07) is 22.8. The number of hydrogen-bond acceptors (Lipinski definition) is 5. The number of pyridine rings is 1. The van der Waals surface area contributed by atoms with Crippen LogP contribution < -0.4 is 5.32 Å². The second-order valence-electron chi connectivity index (χ2n) is 9.06. The van der Waals surface area contributed by atoms with Crippen molar-refractivity contribution in [1.82, 2.24) is 20.1 Å². The van der Waals surface area contributed by atoms with Crippen LogP contribution in [0.1, 0.15) is 37.4 Å². The van der Waals surface area contributed by atoms with Gasteiger partial charge in [0.2, 0.25) is 0 Å². The third-order valence-corrected chi connectivity index (χ3v) is 6.56. The van der Waals surface area contributed by atoms with E-state index in [0.717, 1.165) is 38.7 Å². The number of rotatable bonds is 7. The van der Waals surface area contributed by atoms with Crippen molar-refractivity contribution in [1.29, 1.82) is 0 Å². The van der Waals surface area contributed by atoms with Gasteiger partial charge in [0.05, 0.1) is 29.0 Å². The fraction of sp³-hybridized carbons (Fsp3) is 0.0667. The molecule has 6 aromatic rings. The lowest BCUT2D eigenvalue weighted by Gasteiger charge is -2.11. The number of carbonyl (C=O) groups excluding carboxylic acids is 1. The summed E-state index contributed by atoms with van der Waals surface area (Å²) >= 11 is 0. The molecule has 3 heterocycles. The minimum Gasteiger partial charge on any atom is -0.478 e. The second-order valence-corrected chi connectivity index (χ2v) is 9.06. The monoisotopic (exact) mass is 502 g/mol. The fourth-order valence-electron chi connectivity index (χ4n) is 4.60. The first-order valence-electron chi connectivity index (χ1n) is 12.0. The van der Waals surface area contributed by atoms with Gasteiger partial charge in [-0.1, -0.05) is 59.8 Å². The van der Waals surface area contributed by atoms with Crippen LogP contribution in [-0.4, -0.2) is 31.8 Å². The molecule has 0 atom stereocenters. The van der Waals surface area contributed by atoms with Gasteiger partial charge in [0.25, 0.3) is 5.91 Å². The number of carbonyl (C=O) groups is 2. The molecule has 0 aliphatic carbocycles. The minimum absolute atomic E-state index is 0.195. The van der Waals surface area contributed by atoms with Crippen LogP contribution in [0, 0.1) is 0 Å². The molecule has 8 nitrogen and oxygen atoms in total. The topological polar surface area (TPSA) is 110 Å². The average molecular weight is 503 g/mol. The van der Waals surface area contributed by atoms with Crippen LogP contribution in [-0.2, 0) is 13.0 Å². The summed E-state index contributed by atoms with van der Waals surface area (Å²) in [5, 5.41) is 22.8. The molecule has 0 radical (unpaired) electrons. The van der Waals surface area contributed by atoms with Crippen LogP contribution in [0.4, 0.5) is 0 Å². The lowest BCUT2D eigenvalue weighted by atomic mass is 9.99.